The summed E-state index contributed by atoms with van der Waals surface area (Å²) in [6.07, 6.45) is 0. The molecule has 0 heterocycles. The second-order valence-corrected chi connectivity index (χ2v) is 4.57. The van der Waals surface area contributed by atoms with E-state index in [9.17, 15) is 5.11 Å². The molecule has 0 aromatic carbocycles. The van der Waals surface area contributed by atoms with E-state index in [1.165, 1.54) is 0 Å². The van der Waals surface area contributed by atoms with E-state index in [1.54, 1.807) is 0 Å². The topological polar surface area (TPSA) is 32.3 Å². The maximum absolute atomic E-state index is 9.65. The first-order valence-corrected chi connectivity index (χ1v) is 4.73. The monoisotopic (exact) mass is 173 g/mol. The predicted molar refractivity (Wildman–Crippen MR) is 53.2 cm³/mol. The van der Waals surface area contributed by atoms with Crippen LogP contribution in [-0.4, -0.2) is 22.8 Å². The van der Waals surface area contributed by atoms with Gasteiger partial charge in [-0.05, 0) is 33.6 Å². The smallest absolute Gasteiger partial charge is 0.0741 e. The van der Waals surface area contributed by atoms with Crippen molar-refractivity contribution >= 4 is 0 Å². The van der Waals surface area contributed by atoms with Crippen LogP contribution in [-0.2, 0) is 0 Å². The van der Waals surface area contributed by atoms with Gasteiger partial charge in [0.2, 0.25) is 0 Å². The standard InChI is InChI=1S/C10H23NO/c1-7(2)8(3)11-9(4)10(5,6)12/h7-9,11-12H,1-6H3. The zero-order valence-electron chi connectivity index (χ0n) is 9.18. The van der Waals surface area contributed by atoms with Gasteiger partial charge in [-0.1, -0.05) is 13.8 Å². The fraction of sp³-hybridized carbons (Fsp3) is 1.00. The number of hydrogen-bond donors (Lipinski definition) is 2. The highest BCUT2D eigenvalue weighted by atomic mass is 16.3. The molecule has 2 unspecified atom stereocenters. The van der Waals surface area contributed by atoms with E-state index in [0.717, 1.165) is 0 Å². The maximum atomic E-state index is 9.65. The van der Waals surface area contributed by atoms with Crippen molar-refractivity contribution in [1.82, 2.24) is 5.32 Å². The lowest BCUT2D eigenvalue weighted by molar-refractivity contribution is 0.0384. The van der Waals surface area contributed by atoms with E-state index in [-0.39, 0.29) is 6.04 Å². The maximum Gasteiger partial charge on any atom is 0.0741 e. The molecule has 2 nitrogen and oxygen atoms in total. The van der Waals surface area contributed by atoms with Crippen LogP contribution in [0.4, 0.5) is 0 Å². The van der Waals surface area contributed by atoms with Crippen LogP contribution < -0.4 is 5.32 Å². The molecule has 0 aliphatic carbocycles. The Morgan fingerprint density at radius 2 is 1.50 bits per heavy atom. The first kappa shape index (κ1) is 11.9. The van der Waals surface area contributed by atoms with Gasteiger partial charge in [0.1, 0.15) is 0 Å². The van der Waals surface area contributed by atoms with Crippen LogP contribution in [0.3, 0.4) is 0 Å². The van der Waals surface area contributed by atoms with Crippen molar-refractivity contribution in [3.8, 4) is 0 Å². The van der Waals surface area contributed by atoms with Crippen LogP contribution >= 0.6 is 0 Å². The van der Waals surface area contributed by atoms with E-state index in [1.807, 2.05) is 20.8 Å². The molecule has 12 heavy (non-hydrogen) atoms. The average molecular weight is 173 g/mol. The normalized spacial score (nSPS) is 18.0. The molecule has 2 N–H and O–H groups in total. The minimum Gasteiger partial charge on any atom is -0.389 e. The Morgan fingerprint density at radius 3 is 1.75 bits per heavy atom. The van der Waals surface area contributed by atoms with E-state index in [4.69, 9.17) is 0 Å². The molecular formula is C10H23NO. The zero-order chi connectivity index (χ0) is 9.94. The molecule has 2 atom stereocenters. The molecule has 0 aromatic heterocycles. The van der Waals surface area contributed by atoms with E-state index < -0.39 is 5.60 Å². The van der Waals surface area contributed by atoms with Gasteiger partial charge < -0.3 is 10.4 Å². The number of aliphatic hydroxyl groups is 1. The van der Waals surface area contributed by atoms with Crippen molar-refractivity contribution in [2.45, 2.75) is 59.2 Å². The Morgan fingerprint density at radius 1 is 1.08 bits per heavy atom. The summed E-state index contributed by atoms with van der Waals surface area (Å²) in [5.74, 6) is 0.606. The lowest BCUT2D eigenvalue weighted by Gasteiger charge is -2.31. The van der Waals surface area contributed by atoms with Gasteiger partial charge >= 0.3 is 0 Å². The fourth-order valence-corrected chi connectivity index (χ4v) is 0.791. The molecule has 0 fully saturated rings. The molecule has 0 aliphatic rings. The minimum atomic E-state index is -0.636. The van der Waals surface area contributed by atoms with Gasteiger partial charge in [-0.25, -0.2) is 0 Å². The summed E-state index contributed by atoms with van der Waals surface area (Å²) in [5.41, 5.74) is -0.636. The summed E-state index contributed by atoms with van der Waals surface area (Å²) in [5, 5.41) is 13.0. The van der Waals surface area contributed by atoms with Crippen LogP contribution in [0.15, 0.2) is 0 Å². The molecule has 0 spiro atoms. The Balaban J connectivity index is 3.93. The van der Waals surface area contributed by atoms with Gasteiger partial charge in [0.15, 0.2) is 0 Å². The quantitative estimate of drug-likeness (QED) is 0.679. The van der Waals surface area contributed by atoms with Gasteiger partial charge in [-0.2, -0.15) is 0 Å². The van der Waals surface area contributed by atoms with E-state index >= 15 is 0 Å². The number of rotatable bonds is 4. The summed E-state index contributed by atoms with van der Waals surface area (Å²) >= 11 is 0. The second-order valence-electron chi connectivity index (χ2n) is 4.57. The van der Waals surface area contributed by atoms with Crippen molar-refractivity contribution in [2.75, 3.05) is 0 Å². The van der Waals surface area contributed by atoms with Crippen molar-refractivity contribution in [1.29, 1.82) is 0 Å². The third-order valence-electron chi connectivity index (χ3n) is 2.57. The molecule has 0 aliphatic heterocycles. The van der Waals surface area contributed by atoms with Crippen LogP contribution in [0.2, 0.25) is 0 Å². The van der Waals surface area contributed by atoms with Crippen molar-refractivity contribution < 1.29 is 5.11 Å². The van der Waals surface area contributed by atoms with Crippen molar-refractivity contribution in [3.63, 3.8) is 0 Å². The third kappa shape index (κ3) is 4.07. The van der Waals surface area contributed by atoms with Crippen molar-refractivity contribution in [2.24, 2.45) is 5.92 Å². The number of hydrogen-bond acceptors (Lipinski definition) is 2. The lowest BCUT2D eigenvalue weighted by atomic mass is 9.97. The summed E-state index contributed by atoms with van der Waals surface area (Å²) in [7, 11) is 0. The zero-order valence-corrected chi connectivity index (χ0v) is 9.18. The van der Waals surface area contributed by atoms with Gasteiger partial charge in [0, 0.05) is 12.1 Å². The molecular weight excluding hydrogens is 150 g/mol. The summed E-state index contributed by atoms with van der Waals surface area (Å²) in [4.78, 5) is 0. The summed E-state index contributed by atoms with van der Waals surface area (Å²) < 4.78 is 0. The number of nitrogens with one attached hydrogen (secondary N) is 1. The minimum absolute atomic E-state index is 0.134. The van der Waals surface area contributed by atoms with Gasteiger partial charge in [0.25, 0.3) is 0 Å². The molecule has 74 valence electrons. The molecule has 0 bridgehead atoms. The Kier molecular flexibility index (Phi) is 4.21. The molecule has 0 radical (unpaired) electrons. The average Bonchev–Trinajstić information content (AvgIpc) is 1.85. The Labute approximate surface area is 76.4 Å². The fourth-order valence-electron chi connectivity index (χ4n) is 0.791. The molecule has 0 amide bonds. The van der Waals surface area contributed by atoms with Gasteiger partial charge in [0.05, 0.1) is 5.60 Å². The first-order valence-electron chi connectivity index (χ1n) is 4.73. The van der Waals surface area contributed by atoms with Gasteiger partial charge in [-0.3, -0.25) is 0 Å². The second kappa shape index (κ2) is 4.24. The highest BCUT2D eigenvalue weighted by Gasteiger charge is 2.23. The molecule has 2 heteroatoms. The van der Waals surface area contributed by atoms with Gasteiger partial charge in [-0.15, -0.1) is 0 Å². The van der Waals surface area contributed by atoms with E-state index in [2.05, 4.69) is 26.1 Å². The van der Waals surface area contributed by atoms with Crippen LogP contribution in [0, 0.1) is 5.92 Å². The first-order chi connectivity index (χ1) is 5.25. The molecule has 0 saturated carbocycles. The lowest BCUT2D eigenvalue weighted by Crippen LogP contribution is -2.49. The predicted octanol–water partition coefficient (Wildman–Crippen LogP) is 1.78. The summed E-state index contributed by atoms with van der Waals surface area (Å²) in [6.45, 7) is 12.2. The summed E-state index contributed by atoms with van der Waals surface area (Å²) in [6, 6.07) is 0.585. The highest BCUT2D eigenvalue weighted by Crippen LogP contribution is 2.10. The van der Waals surface area contributed by atoms with Crippen LogP contribution in [0.1, 0.15) is 41.5 Å². The third-order valence-corrected chi connectivity index (χ3v) is 2.57. The molecule has 0 aromatic rings. The van der Waals surface area contributed by atoms with Crippen molar-refractivity contribution in [3.05, 3.63) is 0 Å². The highest BCUT2D eigenvalue weighted by molar-refractivity contribution is 4.82. The molecule has 0 rings (SSSR count). The van der Waals surface area contributed by atoms with E-state index in [0.29, 0.717) is 12.0 Å². The van der Waals surface area contributed by atoms with Crippen LogP contribution in [0.5, 0.6) is 0 Å². The molecule has 0 saturated heterocycles. The largest absolute Gasteiger partial charge is 0.389 e. The Hall–Kier alpha value is -0.0800. The Bertz CT molecular complexity index is 126. The SMILES string of the molecule is CC(C)C(C)NC(C)C(C)(C)O. The van der Waals surface area contributed by atoms with Crippen LogP contribution in [0.25, 0.3) is 0 Å².